The number of methoxy groups -OCH3 is 2. The van der Waals surface area contributed by atoms with Gasteiger partial charge in [-0.25, -0.2) is 0 Å². The van der Waals surface area contributed by atoms with E-state index < -0.39 is 5.54 Å². The molecular formula is C18H29N3O4. The van der Waals surface area contributed by atoms with E-state index in [9.17, 15) is 9.59 Å². The Labute approximate surface area is 149 Å². The van der Waals surface area contributed by atoms with Crippen molar-refractivity contribution in [2.24, 2.45) is 11.7 Å². The van der Waals surface area contributed by atoms with Crippen LogP contribution in [0.2, 0.25) is 0 Å². The first-order valence-electron chi connectivity index (χ1n) is 8.22. The maximum atomic E-state index is 12.7. The number of carbonyl (C=O) groups is 2. The molecule has 0 heterocycles. The first-order valence-corrected chi connectivity index (χ1v) is 8.22. The fourth-order valence-corrected chi connectivity index (χ4v) is 2.81. The number of carbonyl (C=O) groups excluding carboxylic acids is 2. The van der Waals surface area contributed by atoms with E-state index in [1.165, 1.54) is 21.1 Å². The summed E-state index contributed by atoms with van der Waals surface area (Å²) < 4.78 is 10.6. The third kappa shape index (κ3) is 5.63. The third-order valence-electron chi connectivity index (χ3n) is 3.78. The van der Waals surface area contributed by atoms with Gasteiger partial charge in [-0.05, 0) is 31.4 Å². The molecule has 4 N–H and O–H groups in total. The molecule has 0 aliphatic rings. The molecule has 0 fully saturated rings. The summed E-state index contributed by atoms with van der Waals surface area (Å²) in [5.41, 5.74) is 6.07. The van der Waals surface area contributed by atoms with Gasteiger partial charge in [0, 0.05) is 24.6 Å². The summed E-state index contributed by atoms with van der Waals surface area (Å²) in [6.07, 6.45) is 0.751. The molecule has 2 amide bonds. The Morgan fingerprint density at radius 1 is 1.24 bits per heavy atom. The first kappa shape index (κ1) is 20.8. The second kappa shape index (κ2) is 8.71. The van der Waals surface area contributed by atoms with Crippen LogP contribution in [0.5, 0.6) is 11.5 Å². The van der Waals surface area contributed by atoms with E-state index >= 15 is 0 Å². The average Bonchev–Trinajstić information content (AvgIpc) is 2.52. The van der Waals surface area contributed by atoms with Crippen LogP contribution in [0, 0.1) is 5.92 Å². The van der Waals surface area contributed by atoms with E-state index in [4.69, 9.17) is 15.2 Å². The molecule has 0 bridgehead atoms. The number of ether oxygens (including phenoxy) is 2. The van der Waals surface area contributed by atoms with Gasteiger partial charge in [0.15, 0.2) is 11.5 Å². The fourth-order valence-electron chi connectivity index (χ4n) is 2.81. The number of nitrogens with two attached hydrogens (primary N) is 1. The van der Waals surface area contributed by atoms with Crippen molar-refractivity contribution in [3.8, 4) is 11.5 Å². The van der Waals surface area contributed by atoms with Gasteiger partial charge in [-0.15, -0.1) is 0 Å². The normalized spacial score (nSPS) is 13.1. The quantitative estimate of drug-likeness (QED) is 0.666. The van der Waals surface area contributed by atoms with E-state index in [2.05, 4.69) is 24.5 Å². The molecule has 25 heavy (non-hydrogen) atoms. The Kier molecular flexibility index (Phi) is 7.23. The molecule has 1 aromatic rings. The highest BCUT2D eigenvalue weighted by molar-refractivity contribution is 5.99. The minimum Gasteiger partial charge on any atom is -0.493 e. The fraction of sp³-hybridized carbons (Fsp3) is 0.556. The molecule has 0 aliphatic carbocycles. The second-order valence-electron chi connectivity index (χ2n) is 6.76. The lowest BCUT2D eigenvalue weighted by Crippen LogP contribution is -2.52. The number of anilines is 1. The van der Waals surface area contributed by atoms with Gasteiger partial charge >= 0.3 is 0 Å². The van der Waals surface area contributed by atoms with E-state index in [0.717, 1.165) is 6.42 Å². The topological polar surface area (TPSA) is 103 Å². The SMILES string of the molecule is COc1cc(C(=O)NC(C)(CN)CC(C)C)cc(NC(C)=O)c1OC. The minimum atomic E-state index is -0.521. The Hall–Kier alpha value is -2.28. The summed E-state index contributed by atoms with van der Waals surface area (Å²) >= 11 is 0. The summed E-state index contributed by atoms with van der Waals surface area (Å²) in [5, 5.41) is 5.64. The van der Waals surface area contributed by atoms with Crippen LogP contribution < -0.4 is 25.8 Å². The molecule has 0 aliphatic heterocycles. The highest BCUT2D eigenvalue weighted by Crippen LogP contribution is 2.36. The Bertz CT molecular complexity index is 631. The van der Waals surface area contributed by atoms with Gasteiger partial charge in [-0.3, -0.25) is 9.59 Å². The number of hydrogen-bond donors (Lipinski definition) is 3. The molecule has 0 spiro atoms. The molecule has 7 nitrogen and oxygen atoms in total. The molecule has 1 atom stereocenters. The van der Waals surface area contributed by atoms with Gasteiger partial charge in [-0.1, -0.05) is 13.8 Å². The Morgan fingerprint density at radius 3 is 2.32 bits per heavy atom. The number of benzene rings is 1. The van der Waals surface area contributed by atoms with Crippen molar-refractivity contribution < 1.29 is 19.1 Å². The maximum absolute atomic E-state index is 12.7. The van der Waals surface area contributed by atoms with Gasteiger partial charge in [0.2, 0.25) is 5.91 Å². The molecule has 1 unspecified atom stereocenters. The monoisotopic (exact) mass is 351 g/mol. The minimum absolute atomic E-state index is 0.274. The number of nitrogens with one attached hydrogen (secondary N) is 2. The molecule has 0 aromatic heterocycles. The van der Waals surface area contributed by atoms with Gasteiger partial charge < -0.3 is 25.8 Å². The van der Waals surface area contributed by atoms with Crippen molar-refractivity contribution in [1.82, 2.24) is 5.32 Å². The summed E-state index contributed by atoms with van der Waals surface area (Å²) in [7, 11) is 2.94. The largest absolute Gasteiger partial charge is 0.493 e. The average molecular weight is 351 g/mol. The summed E-state index contributed by atoms with van der Waals surface area (Å²) in [6, 6.07) is 3.14. The third-order valence-corrected chi connectivity index (χ3v) is 3.78. The van der Waals surface area contributed by atoms with Crippen molar-refractivity contribution in [1.29, 1.82) is 0 Å². The Morgan fingerprint density at radius 2 is 1.88 bits per heavy atom. The zero-order valence-corrected chi connectivity index (χ0v) is 15.9. The van der Waals surface area contributed by atoms with Gasteiger partial charge in [0.05, 0.1) is 19.9 Å². The van der Waals surface area contributed by atoms with Crippen molar-refractivity contribution in [3.05, 3.63) is 17.7 Å². The molecule has 7 heteroatoms. The molecule has 0 saturated heterocycles. The van der Waals surface area contributed by atoms with Crippen LogP contribution in [0.3, 0.4) is 0 Å². The van der Waals surface area contributed by atoms with Crippen molar-refractivity contribution >= 4 is 17.5 Å². The van der Waals surface area contributed by atoms with Crippen molar-refractivity contribution in [2.45, 2.75) is 39.7 Å². The Balaban J connectivity index is 3.22. The maximum Gasteiger partial charge on any atom is 0.251 e. The molecular weight excluding hydrogens is 322 g/mol. The molecule has 0 radical (unpaired) electrons. The summed E-state index contributed by atoms with van der Waals surface area (Å²) in [6.45, 7) is 7.77. The summed E-state index contributed by atoms with van der Waals surface area (Å²) in [5.74, 6) is 0.537. The predicted octanol–water partition coefficient (Wildman–Crippen LogP) is 2.16. The van der Waals surface area contributed by atoms with E-state index in [1.54, 1.807) is 12.1 Å². The van der Waals surface area contributed by atoms with E-state index in [-0.39, 0.29) is 11.8 Å². The van der Waals surface area contributed by atoms with Crippen LogP contribution >= 0.6 is 0 Å². The zero-order valence-electron chi connectivity index (χ0n) is 15.9. The smallest absolute Gasteiger partial charge is 0.251 e. The van der Waals surface area contributed by atoms with Crippen LogP contribution in [0.15, 0.2) is 12.1 Å². The summed E-state index contributed by atoms with van der Waals surface area (Å²) in [4.78, 5) is 24.2. The number of hydrogen-bond acceptors (Lipinski definition) is 5. The van der Waals surface area contributed by atoms with E-state index in [1.807, 2.05) is 6.92 Å². The zero-order chi connectivity index (χ0) is 19.2. The molecule has 1 rings (SSSR count). The van der Waals surface area contributed by atoms with Crippen molar-refractivity contribution in [3.63, 3.8) is 0 Å². The van der Waals surface area contributed by atoms with Crippen LogP contribution in [-0.2, 0) is 4.79 Å². The number of amides is 2. The first-order chi connectivity index (χ1) is 11.7. The van der Waals surface area contributed by atoms with Crippen LogP contribution in [0.25, 0.3) is 0 Å². The number of rotatable bonds is 8. The van der Waals surface area contributed by atoms with Crippen LogP contribution in [0.1, 0.15) is 44.5 Å². The lowest BCUT2D eigenvalue weighted by molar-refractivity contribution is -0.114. The van der Waals surface area contributed by atoms with Crippen LogP contribution in [-0.4, -0.2) is 38.1 Å². The highest BCUT2D eigenvalue weighted by Gasteiger charge is 2.27. The van der Waals surface area contributed by atoms with Gasteiger partial charge in [0.1, 0.15) is 0 Å². The van der Waals surface area contributed by atoms with Crippen molar-refractivity contribution in [2.75, 3.05) is 26.1 Å². The predicted molar refractivity (Wildman–Crippen MR) is 98.2 cm³/mol. The second-order valence-corrected chi connectivity index (χ2v) is 6.76. The lowest BCUT2D eigenvalue weighted by atomic mass is 9.90. The molecule has 140 valence electrons. The molecule has 0 saturated carbocycles. The molecule has 1 aromatic carbocycles. The standard InChI is InChI=1S/C18H29N3O4/c1-11(2)9-18(4,10-19)21-17(23)13-7-14(20-12(3)22)16(25-6)15(8-13)24-5/h7-8,11H,9-10,19H2,1-6H3,(H,20,22)(H,21,23). The lowest BCUT2D eigenvalue weighted by Gasteiger charge is -2.31. The van der Waals surface area contributed by atoms with Gasteiger partial charge in [-0.2, -0.15) is 0 Å². The van der Waals surface area contributed by atoms with Gasteiger partial charge in [0.25, 0.3) is 5.91 Å². The van der Waals surface area contributed by atoms with Crippen LogP contribution in [0.4, 0.5) is 5.69 Å². The highest BCUT2D eigenvalue weighted by atomic mass is 16.5. The van der Waals surface area contributed by atoms with E-state index in [0.29, 0.717) is 35.2 Å².